The van der Waals surface area contributed by atoms with Gasteiger partial charge in [-0.05, 0) is 18.4 Å². The van der Waals surface area contributed by atoms with Crippen molar-refractivity contribution in [2.75, 3.05) is 6.26 Å². The van der Waals surface area contributed by atoms with Crippen molar-refractivity contribution < 1.29 is 0 Å². The van der Waals surface area contributed by atoms with Gasteiger partial charge in [0.25, 0.3) is 0 Å². The number of aromatic nitrogens is 2. The van der Waals surface area contributed by atoms with E-state index in [0.717, 1.165) is 15.6 Å². The molecule has 0 saturated heterocycles. The molecule has 0 saturated carbocycles. The van der Waals surface area contributed by atoms with Gasteiger partial charge in [0.2, 0.25) is 0 Å². The topological polar surface area (TPSA) is 51.8 Å². The normalized spacial score (nSPS) is 10.5. The lowest BCUT2D eigenvalue weighted by Crippen LogP contribution is -1.94. The van der Waals surface area contributed by atoms with Crippen LogP contribution >= 0.6 is 23.1 Å². The molecule has 78 valence electrons. The summed E-state index contributed by atoms with van der Waals surface area (Å²) in [5.41, 5.74) is 6.59. The van der Waals surface area contributed by atoms with E-state index in [1.165, 1.54) is 4.90 Å². The van der Waals surface area contributed by atoms with Gasteiger partial charge in [-0.3, -0.25) is 0 Å². The summed E-state index contributed by atoms with van der Waals surface area (Å²) in [5, 5.41) is 9.89. The highest BCUT2D eigenvalue weighted by Crippen LogP contribution is 2.25. The molecule has 0 fully saturated rings. The van der Waals surface area contributed by atoms with Crippen molar-refractivity contribution in [2.45, 2.75) is 11.4 Å². The first-order valence-corrected chi connectivity index (χ1v) is 6.54. The Morgan fingerprint density at radius 3 is 2.53 bits per heavy atom. The highest BCUT2D eigenvalue weighted by Gasteiger charge is 2.04. The maximum Gasteiger partial charge on any atom is 0.147 e. The maximum atomic E-state index is 5.49. The summed E-state index contributed by atoms with van der Waals surface area (Å²) in [6.45, 7) is 0.459. The predicted octanol–water partition coefficient (Wildman–Crippen LogP) is 2.39. The quantitative estimate of drug-likeness (QED) is 0.833. The van der Waals surface area contributed by atoms with E-state index in [4.69, 9.17) is 5.73 Å². The van der Waals surface area contributed by atoms with Gasteiger partial charge in [0, 0.05) is 17.0 Å². The first-order chi connectivity index (χ1) is 7.33. The lowest BCUT2D eigenvalue weighted by atomic mass is 10.2. The summed E-state index contributed by atoms with van der Waals surface area (Å²) in [5.74, 6) is 0. The summed E-state index contributed by atoms with van der Waals surface area (Å²) >= 11 is 3.28. The van der Waals surface area contributed by atoms with E-state index in [2.05, 4.69) is 40.7 Å². The van der Waals surface area contributed by atoms with Crippen LogP contribution in [0.15, 0.2) is 29.2 Å². The summed E-state index contributed by atoms with van der Waals surface area (Å²) in [6.07, 6.45) is 2.06. The van der Waals surface area contributed by atoms with Crippen LogP contribution in [0.3, 0.4) is 0 Å². The van der Waals surface area contributed by atoms with Gasteiger partial charge in [-0.15, -0.1) is 22.0 Å². The highest BCUT2D eigenvalue weighted by atomic mass is 32.2. The first-order valence-electron chi connectivity index (χ1n) is 4.50. The Balaban J connectivity index is 2.28. The second kappa shape index (κ2) is 4.74. The van der Waals surface area contributed by atoms with Gasteiger partial charge in [-0.2, -0.15) is 0 Å². The fraction of sp³-hybridized carbons (Fsp3) is 0.200. The zero-order valence-corrected chi connectivity index (χ0v) is 9.94. The molecule has 1 aromatic carbocycles. The average molecular weight is 237 g/mol. The van der Waals surface area contributed by atoms with E-state index < -0.39 is 0 Å². The minimum Gasteiger partial charge on any atom is -0.324 e. The number of nitrogens with zero attached hydrogens (tertiary/aromatic N) is 2. The fourth-order valence-electron chi connectivity index (χ4n) is 1.19. The number of thioether (sulfide) groups is 1. The molecule has 0 amide bonds. The molecule has 2 N–H and O–H groups in total. The van der Waals surface area contributed by atoms with Crippen LogP contribution in [0.1, 0.15) is 5.01 Å². The van der Waals surface area contributed by atoms with Crippen molar-refractivity contribution in [3.05, 3.63) is 29.3 Å². The Labute approximate surface area is 96.7 Å². The Kier molecular flexibility index (Phi) is 3.35. The Morgan fingerprint density at radius 2 is 2.00 bits per heavy atom. The van der Waals surface area contributed by atoms with Crippen LogP contribution < -0.4 is 5.73 Å². The van der Waals surface area contributed by atoms with Crippen molar-refractivity contribution in [3.8, 4) is 10.6 Å². The van der Waals surface area contributed by atoms with Crippen LogP contribution in [0.5, 0.6) is 0 Å². The van der Waals surface area contributed by atoms with Gasteiger partial charge in [-0.1, -0.05) is 23.5 Å². The molecule has 0 unspecified atom stereocenters. The van der Waals surface area contributed by atoms with Crippen LogP contribution in [0.2, 0.25) is 0 Å². The van der Waals surface area contributed by atoms with Gasteiger partial charge < -0.3 is 5.73 Å². The Bertz CT molecular complexity index is 436. The molecule has 1 heterocycles. The van der Waals surface area contributed by atoms with E-state index in [9.17, 15) is 0 Å². The molecule has 0 bridgehead atoms. The minimum absolute atomic E-state index is 0.459. The van der Waals surface area contributed by atoms with Crippen molar-refractivity contribution in [1.29, 1.82) is 0 Å². The molecule has 2 rings (SSSR count). The van der Waals surface area contributed by atoms with E-state index in [0.29, 0.717) is 6.54 Å². The Hall–Kier alpha value is -0.910. The number of hydrogen-bond donors (Lipinski definition) is 1. The molecule has 1 aromatic heterocycles. The maximum absolute atomic E-state index is 5.49. The van der Waals surface area contributed by atoms with Crippen molar-refractivity contribution in [2.24, 2.45) is 5.73 Å². The number of hydrogen-bond acceptors (Lipinski definition) is 5. The third-order valence-corrected chi connectivity index (χ3v) is 3.72. The largest absolute Gasteiger partial charge is 0.324 e. The number of benzene rings is 1. The van der Waals surface area contributed by atoms with Crippen molar-refractivity contribution in [1.82, 2.24) is 10.2 Å². The third kappa shape index (κ3) is 2.37. The van der Waals surface area contributed by atoms with Gasteiger partial charge in [0.05, 0.1) is 0 Å². The van der Waals surface area contributed by atoms with E-state index >= 15 is 0 Å². The highest BCUT2D eigenvalue weighted by molar-refractivity contribution is 7.98. The van der Waals surface area contributed by atoms with E-state index in [1.54, 1.807) is 23.1 Å². The molecule has 15 heavy (non-hydrogen) atoms. The summed E-state index contributed by atoms with van der Waals surface area (Å²) in [7, 11) is 0. The average Bonchev–Trinajstić information content (AvgIpc) is 2.78. The van der Waals surface area contributed by atoms with E-state index in [1.807, 2.05) is 0 Å². The minimum atomic E-state index is 0.459. The zero-order valence-electron chi connectivity index (χ0n) is 8.30. The van der Waals surface area contributed by atoms with Crippen LogP contribution in [0.25, 0.3) is 10.6 Å². The van der Waals surface area contributed by atoms with Crippen LogP contribution in [0, 0.1) is 0 Å². The molecule has 0 spiro atoms. The SMILES string of the molecule is CSc1ccc(-c2nnc(CN)s2)cc1. The standard InChI is InChI=1S/C10H11N3S2/c1-14-8-4-2-7(3-5-8)10-13-12-9(6-11)15-10/h2-5H,6,11H2,1H3. The summed E-state index contributed by atoms with van der Waals surface area (Å²) in [6, 6.07) is 8.30. The molecule has 3 nitrogen and oxygen atoms in total. The van der Waals surface area contributed by atoms with E-state index in [-0.39, 0.29) is 0 Å². The monoisotopic (exact) mass is 237 g/mol. The second-order valence-electron chi connectivity index (χ2n) is 2.93. The van der Waals surface area contributed by atoms with Gasteiger partial charge >= 0.3 is 0 Å². The second-order valence-corrected chi connectivity index (χ2v) is 4.88. The third-order valence-electron chi connectivity index (χ3n) is 1.98. The van der Waals surface area contributed by atoms with Crippen LogP contribution in [-0.2, 0) is 6.54 Å². The number of nitrogens with two attached hydrogens (primary N) is 1. The summed E-state index contributed by atoms with van der Waals surface area (Å²) < 4.78 is 0. The summed E-state index contributed by atoms with van der Waals surface area (Å²) in [4.78, 5) is 1.25. The molecular formula is C10H11N3S2. The predicted molar refractivity (Wildman–Crippen MR) is 65.0 cm³/mol. The van der Waals surface area contributed by atoms with Crippen molar-refractivity contribution in [3.63, 3.8) is 0 Å². The van der Waals surface area contributed by atoms with Crippen molar-refractivity contribution >= 4 is 23.1 Å². The molecular weight excluding hydrogens is 226 g/mol. The molecule has 0 atom stereocenters. The number of rotatable bonds is 3. The van der Waals surface area contributed by atoms with Gasteiger partial charge in [-0.25, -0.2) is 0 Å². The van der Waals surface area contributed by atoms with Gasteiger partial charge in [0.1, 0.15) is 10.0 Å². The van der Waals surface area contributed by atoms with Gasteiger partial charge in [0.15, 0.2) is 0 Å². The smallest absolute Gasteiger partial charge is 0.147 e. The molecule has 0 radical (unpaired) electrons. The first kappa shape index (κ1) is 10.6. The molecule has 0 aliphatic rings. The molecule has 0 aliphatic heterocycles. The van der Waals surface area contributed by atoms with Crippen LogP contribution in [-0.4, -0.2) is 16.5 Å². The van der Waals surface area contributed by atoms with Crippen LogP contribution in [0.4, 0.5) is 0 Å². The molecule has 0 aliphatic carbocycles. The molecule has 5 heteroatoms. The lowest BCUT2D eigenvalue weighted by molar-refractivity contribution is 0.960. The molecule has 2 aromatic rings. The lowest BCUT2D eigenvalue weighted by Gasteiger charge is -1.97. The Morgan fingerprint density at radius 1 is 1.27 bits per heavy atom. The fourth-order valence-corrected chi connectivity index (χ4v) is 2.32. The zero-order chi connectivity index (χ0) is 10.7.